The lowest BCUT2D eigenvalue weighted by Crippen LogP contribution is -2.45. The average molecular weight is 1250 g/mol. The summed E-state index contributed by atoms with van der Waals surface area (Å²) in [5, 5.41) is 23.3. The monoisotopic (exact) mass is 1250 g/mol. The van der Waals surface area contributed by atoms with Crippen LogP contribution in [0.5, 0.6) is 0 Å². The highest BCUT2D eigenvalue weighted by Crippen LogP contribution is 2.20. The predicted molar refractivity (Wildman–Crippen MR) is 393 cm³/mol. The Morgan fingerprint density at radius 1 is 0.315 bits per heavy atom. The van der Waals surface area contributed by atoms with Gasteiger partial charge in [0, 0.05) is 12.8 Å². The maximum Gasteiger partial charge on any atom is 0.305 e. The Labute approximate surface area is 557 Å². The van der Waals surface area contributed by atoms with Crippen LogP contribution < -0.4 is 5.32 Å². The van der Waals surface area contributed by atoms with Gasteiger partial charge in [-0.15, -0.1) is 0 Å². The molecule has 0 bridgehead atoms. The summed E-state index contributed by atoms with van der Waals surface area (Å²) in [7, 11) is 0. The summed E-state index contributed by atoms with van der Waals surface area (Å²) in [5.41, 5.74) is 0. The van der Waals surface area contributed by atoms with Gasteiger partial charge in [0.05, 0.1) is 25.4 Å². The van der Waals surface area contributed by atoms with Crippen LogP contribution in [0.4, 0.5) is 0 Å². The number of amides is 1. The number of aliphatic hydroxyl groups is 2. The lowest BCUT2D eigenvalue weighted by atomic mass is 10.0. The maximum atomic E-state index is 12.5. The highest BCUT2D eigenvalue weighted by atomic mass is 16.5. The number of aliphatic hydroxyl groups excluding tert-OH is 2. The molecule has 0 fully saturated rings. The molecule has 6 heteroatoms. The molecule has 2 atom stereocenters. The maximum absolute atomic E-state index is 12.5. The normalized spacial score (nSPS) is 12.6. The Balaban J connectivity index is 3.31. The first kappa shape index (κ1) is 87.1. The van der Waals surface area contributed by atoms with Crippen LogP contribution in [0.2, 0.25) is 0 Å². The molecule has 0 saturated carbocycles. The average Bonchev–Trinajstić information content (AvgIpc) is 3.63. The third-order valence-electron chi connectivity index (χ3n) is 19.2. The van der Waals surface area contributed by atoms with E-state index in [1.807, 2.05) is 6.08 Å². The summed E-state index contributed by atoms with van der Waals surface area (Å²) in [6.45, 7) is 4.91. The zero-order chi connectivity index (χ0) is 64.2. The minimum absolute atomic E-state index is 0.00974. The van der Waals surface area contributed by atoms with Gasteiger partial charge >= 0.3 is 5.97 Å². The molecule has 0 aromatic carbocycles. The first-order valence-corrected chi connectivity index (χ1v) is 40.8. The van der Waals surface area contributed by atoms with Gasteiger partial charge in [-0.1, -0.05) is 423 Å². The molecule has 0 aliphatic carbocycles. The van der Waals surface area contributed by atoms with E-state index in [9.17, 15) is 19.8 Å². The van der Waals surface area contributed by atoms with E-state index in [1.165, 1.54) is 379 Å². The Morgan fingerprint density at radius 3 is 0.888 bits per heavy atom. The first-order valence-electron chi connectivity index (χ1n) is 40.8. The molecule has 3 N–H and O–H groups in total. The van der Waals surface area contributed by atoms with Gasteiger partial charge in [-0.2, -0.15) is 0 Å². The first-order chi connectivity index (χ1) is 44.0. The number of unbranched alkanes of at least 4 members (excludes halogenated alkanes) is 62. The van der Waals surface area contributed by atoms with E-state index in [4.69, 9.17) is 4.74 Å². The van der Waals surface area contributed by atoms with Crippen molar-refractivity contribution in [2.24, 2.45) is 0 Å². The molecule has 0 saturated heterocycles. The molecule has 6 nitrogen and oxygen atoms in total. The number of allylic oxidation sites excluding steroid dienone is 5. The molecule has 0 aliphatic heterocycles. The Morgan fingerprint density at radius 2 is 0.573 bits per heavy atom. The number of hydrogen-bond donors (Lipinski definition) is 3. The van der Waals surface area contributed by atoms with Crippen molar-refractivity contribution in [3.63, 3.8) is 0 Å². The fraction of sp³-hybridized carbons (Fsp3) is 0.904. The molecule has 0 aromatic heterocycles. The highest BCUT2D eigenvalue weighted by Gasteiger charge is 2.18. The van der Waals surface area contributed by atoms with E-state index in [0.29, 0.717) is 19.4 Å². The molecule has 0 radical (unpaired) electrons. The third kappa shape index (κ3) is 75.0. The third-order valence-corrected chi connectivity index (χ3v) is 19.2. The molecular weight excluding hydrogens is 1090 g/mol. The summed E-state index contributed by atoms with van der Waals surface area (Å²) >= 11 is 0. The number of ether oxygens (including phenoxy) is 1. The molecule has 526 valence electrons. The smallest absolute Gasteiger partial charge is 0.305 e. The summed E-state index contributed by atoms with van der Waals surface area (Å²) in [6, 6.07) is -0.624. The van der Waals surface area contributed by atoms with Gasteiger partial charge in [-0.3, -0.25) is 9.59 Å². The predicted octanol–water partition coefficient (Wildman–Crippen LogP) is 27.0. The van der Waals surface area contributed by atoms with Crippen molar-refractivity contribution in [2.45, 2.75) is 469 Å². The van der Waals surface area contributed by atoms with Gasteiger partial charge in [-0.25, -0.2) is 0 Å². The largest absolute Gasteiger partial charge is 0.466 e. The van der Waals surface area contributed by atoms with E-state index >= 15 is 0 Å². The fourth-order valence-corrected chi connectivity index (χ4v) is 13.0. The van der Waals surface area contributed by atoms with Gasteiger partial charge in [-0.05, 0) is 57.8 Å². The molecule has 0 heterocycles. The highest BCUT2D eigenvalue weighted by molar-refractivity contribution is 5.76. The summed E-state index contributed by atoms with van der Waals surface area (Å²) in [6.07, 6.45) is 103. The number of nitrogens with one attached hydrogen (secondary N) is 1. The molecule has 0 rings (SSSR count). The van der Waals surface area contributed by atoms with Crippen LogP contribution in [-0.4, -0.2) is 47.4 Å². The number of esters is 1. The SMILES string of the molecule is CCCC/C=C\C/C=C\CCCCCCCC(=O)OCCCCCCCCCCCCCCCCCCCCCCCCCCCCCCCCCCCCCCCCCC(=O)NC(CO)C(O)/C=C/CCCCCCCCCCCCCCCCCCC. The van der Waals surface area contributed by atoms with Crippen molar-refractivity contribution in [3.05, 3.63) is 36.5 Å². The molecule has 0 aromatic rings. The molecule has 0 spiro atoms. The lowest BCUT2D eigenvalue weighted by molar-refractivity contribution is -0.143. The molecule has 2 unspecified atom stereocenters. The Hall–Kier alpha value is -1.92. The molecule has 89 heavy (non-hydrogen) atoms. The van der Waals surface area contributed by atoms with Crippen LogP contribution in [0.3, 0.4) is 0 Å². The standard InChI is InChI=1S/C83H159NO5/c1-3-5-7-9-11-13-15-17-19-20-42-45-48-51-55-59-63-67-71-75-81(86)80(79-85)84-82(87)76-72-68-64-60-56-52-49-46-43-40-38-36-34-32-30-28-26-24-22-21-23-25-27-29-31-33-35-37-39-41-44-47-50-54-58-62-66-70-74-78-89-83(88)77-73-69-65-61-57-53-18-16-14-12-10-8-6-4-2/h10,12,16,18,71,75,80-81,85-86H,3-9,11,13-15,17,19-70,72-74,76-79H2,1-2H3,(H,84,87)/b12-10-,18-16-,75-71+. The minimum Gasteiger partial charge on any atom is -0.466 e. The van der Waals surface area contributed by atoms with E-state index in [0.717, 1.165) is 51.4 Å². The van der Waals surface area contributed by atoms with E-state index < -0.39 is 12.1 Å². The van der Waals surface area contributed by atoms with Gasteiger partial charge in [0.15, 0.2) is 0 Å². The zero-order valence-electron chi connectivity index (χ0n) is 60.4. The Kier molecular flexibility index (Phi) is 76.8. The Bertz CT molecular complexity index is 1440. The van der Waals surface area contributed by atoms with Crippen LogP contribution in [-0.2, 0) is 14.3 Å². The summed E-state index contributed by atoms with van der Waals surface area (Å²) in [5.74, 6) is -0.0479. The number of carbonyl (C=O) groups is 2. The second-order valence-corrected chi connectivity index (χ2v) is 28.1. The van der Waals surface area contributed by atoms with Gasteiger partial charge in [0.1, 0.15) is 0 Å². The van der Waals surface area contributed by atoms with Crippen LogP contribution in [0.1, 0.15) is 457 Å². The quantitative estimate of drug-likeness (QED) is 0.0320. The minimum atomic E-state index is -0.841. The van der Waals surface area contributed by atoms with Gasteiger partial charge < -0.3 is 20.3 Å². The molecule has 1 amide bonds. The van der Waals surface area contributed by atoms with Crippen molar-refractivity contribution in [3.8, 4) is 0 Å². The molecular formula is C83H159NO5. The van der Waals surface area contributed by atoms with Crippen molar-refractivity contribution >= 4 is 11.9 Å². The van der Waals surface area contributed by atoms with Crippen LogP contribution in [0, 0.1) is 0 Å². The number of carbonyl (C=O) groups excluding carboxylic acids is 2. The lowest BCUT2D eigenvalue weighted by Gasteiger charge is -2.20. The van der Waals surface area contributed by atoms with E-state index in [2.05, 4.69) is 43.5 Å². The topological polar surface area (TPSA) is 95.9 Å². The van der Waals surface area contributed by atoms with Crippen LogP contribution in [0.25, 0.3) is 0 Å². The van der Waals surface area contributed by atoms with E-state index in [1.54, 1.807) is 6.08 Å². The van der Waals surface area contributed by atoms with Crippen molar-refractivity contribution in [1.29, 1.82) is 0 Å². The van der Waals surface area contributed by atoms with Crippen LogP contribution in [0.15, 0.2) is 36.5 Å². The second-order valence-electron chi connectivity index (χ2n) is 28.1. The summed E-state index contributed by atoms with van der Waals surface area (Å²) in [4.78, 5) is 24.6. The summed E-state index contributed by atoms with van der Waals surface area (Å²) < 4.78 is 5.49. The number of hydrogen-bond acceptors (Lipinski definition) is 5. The number of rotatable bonds is 77. The van der Waals surface area contributed by atoms with Crippen molar-refractivity contribution in [2.75, 3.05) is 13.2 Å². The van der Waals surface area contributed by atoms with Gasteiger partial charge in [0.25, 0.3) is 0 Å². The van der Waals surface area contributed by atoms with Crippen molar-refractivity contribution in [1.82, 2.24) is 5.32 Å². The van der Waals surface area contributed by atoms with Crippen LogP contribution >= 0.6 is 0 Å². The molecule has 0 aliphatic rings. The van der Waals surface area contributed by atoms with E-state index in [-0.39, 0.29) is 18.5 Å². The fourth-order valence-electron chi connectivity index (χ4n) is 13.0. The van der Waals surface area contributed by atoms with Gasteiger partial charge in [0.2, 0.25) is 5.91 Å². The van der Waals surface area contributed by atoms with Crippen molar-refractivity contribution < 1.29 is 24.5 Å². The zero-order valence-corrected chi connectivity index (χ0v) is 60.4. The second kappa shape index (κ2) is 78.5.